The highest BCUT2D eigenvalue weighted by atomic mass is 32.1. The number of para-hydroxylation sites is 1. The maximum absolute atomic E-state index is 5.41. The van der Waals surface area contributed by atoms with E-state index in [-0.39, 0.29) is 0 Å². The van der Waals surface area contributed by atoms with Gasteiger partial charge in [-0.05, 0) is 112 Å². The minimum absolute atomic E-state index is 0.858. The largest absolute Gasteiger partial charge is 0.295 e. The lowest BCUT2D eigenvalue weighted by Crippen LogP contribution is -2.12. The maximum atomic E-state index is 5.41. The lowest BCUT2D eigenvalue weighted by molar-refractivity contribution is 1.18. The van der Waals surface area contributed by atoms with E-state index in [1.807, 2.05) is 22.7 Å². The lowest BCUT2D eigenvalue weighted by atomic mass is 9.97. The van der Waals surface area contributed by atoms with Crippen molar-refractivity contribution in [3.05, 3.63) is 206 Å². The molecule has 0 aliphatic carbocycles. The monoisotopic (exact) mass is 762 g/mol. The Bertz CT molecular complexity index is 3180. The van der Waals surface area contributed by atoms with E-state index in [0.717, 1.165) is 39.6 Å². The summed E-state index contributed by atoms with van der Waals surface area (Å²) in [6.45, 7) is 0. The fourth-order valence-corrected chi connectivity index (χ4v) is 10.3. The summed E-state index contributed by atoms with van der Waals surface area (Å²) >= 11 is 3.72. The van der Waals surface area contributed by atoms with Crippen LogP contribution in [-0.4, -0.2) is 4.98 Å². The molecule has 0 radical (unpaired) electrons. The predicted molar refractivity (Wildman–Crippen MR) is 246 cm³/mol. The van der Waals surface area contributed by atoms with Gasteiger partial charge in [0, 0.05) is 57.3 Å². The van der Waals surface area contributed by atoms with Gasteiger partial charge in [-0.3, -0.25) is 4.90 Å². The van der Waals surface area contributed by atoms with Crippen LogP contribution in [-0.2, 0) is 0 Å². The van der Waals surface area contributed by atoms with Crippen LogP contribution in [0.3, 0.4) is 0 Å². The predicted octanol–water partition coefficient (Wildman–Crippen LogP) is 16.0. The third-order valence-corrected chi connectivity index (χ3v) is 13.1. The highest BCUT2D eigenvalue weighted by Crippen LogP contribution is 2.42. The molecular weight excluding hydrogens is 729 g/mol. The van der Waals surface area contributed by atoms with Gasteiger partial charge in [-0.25, -0.2) is 4.98 Å². The zero-order valence-corrected chi connectivity index (χ0v) is 32.5. The van der Waals surface area contributed by atoms with Crippen molar-refractivity contribution in [2.45, 2.75) is 0 Å². The van der Waals surface area contributed by atoms with E-state index in [2.05, 4.69) is 211 Å². The molecule has 0 saturated carbocycles. The molecule has 3 aromatic heterocycles. The van der Waals surface area contributed by atoms with E-state index in [1.165, 1.54) is 62.6 Å². The number of nitrogens with zero attached hydrogens (tertiary/aromatic N) is 2. The molecule has 8 aromatic carbocycles. The van der Waals surface area contributed by atoms with Crippen molar-refractivity contribution in [1.82, 2.24) is 4.98 Å². The Morgan fingerprint density at radius 3 is 1.56 bits per heavy atom. The van der Waals surface area contributed by atoms with Crippen LogP contribution in [0, 0.1) is 0 Å². The molecule has 0 amide bonds. The van der Waals surface area contributed by atoms with Crippen molar-refractivity contribution >= 4 is 80.2 Å². The highest BCUT2D eigenvalue weighted by molar-refractivity contribution is 7.26. The molecule has 268 valence electrons. The van der Waals surface area contributed by atoms with Crippen LogP contribution in [0.25, 0.3) is 85.0 Å². The summed E-state index contributed by atoms with van der Waals surface area (Å²) in [5.74, 6) is 0.858. The van der Waals surface area contributed by atoms with Gasteiger partial charge < -0.3 is 0 Å². The Morgan fingerprint density at radius 1 is 0.298 bits per heavy atom. The Morgan fingerprint density at radius 2 is 0.842 bits per heavy atom. The van der Waals surface area contributed by atoms with Gasteiger partial charge in [0.05, 0.1) is 5.69 Å². The van der Waals surface area contributed by atoms with Crippen LogP contribution < -0.4 is 4.90 Å². The summed E-state index contributed by atoms with van der Waals surface area (Å²) in [4.78, 5) is 7.69. The van der Waals surface area contributed by atoms with Crippen LogP contribution in [0.1, 0.15) is 0 Å². The number of aromatic nitrogens is 1. The molecule has 0 spiro atoms. The normalized spacial score (nSPS) is 11.5. The van der Waals surface area contributed by atoms with Crippen molar-refractivity contribution < 1.29 is 0 Å². The van der Waals surface area contributed by atoms with Crippen LogP contribution >= 0.6 is 22.7 Å². The van der Waals surface area contributed by atoms with E-state index in [4.69, 9.17) is 4.98 Å². The molecular formula is C53H34N2S2. The van der Waals surface area contributed by atoms with Gasteiger partial charge in [-0.15, -0.1) is 22.7 Å². The number of anilines is 3. The molecule has 4 heteroatoms. The molecule has 0 aliphatic heterocycles. The van der Waals surface area contributed by atoms with E-state index in [9.17, 15) is 0 Å². The summed E-state index contributed by atoms with van der Waals surface area (Å²) in [6.07, 6.45) is 0. The topological polar surface area (TPSA) is 16.1 Å². The van der Waals surface area contributed by atoms with E-state index in [1.54, 1.807) is 0 Å². The number of hydrogen-bond donors (Lipinski definition) is 0. The molecule has 0 fully saturated rings. The molecule has 0 atom stereocenters. The minimum Gasteiger partial charge on any atom is -0.295 e. The molecule has 0 N–H and O–H groups in total. The number of benzene rings is 8. The van der Waals surface area contributed by atoms with Crippen LogP contribution in [0.4, 0.5) is 17.2 Å². The standard InChI is InChI=1S/C53H34N2S2/c1-4-13-35(14-5-1)40-29-41(36-15-6-2-7-16-36)31-43(30-40)55(42-17-8-3-9-18-42)53-22-12-20-48(54-53)39-25-28-51-47(33-39)46-32-37(24-27-50(46)56-51)38-23-26-45-44-19-10-11-21-49(44)57-52(45)34-38/h1-34H. The number of fused-ring (bicyclic) bond motifs is 6. The van der Waals surface area contributed by atoms with Gasteiger partial charge >= 0.3 is 0 Å². The fourth-order valence-electron chi connectivity index (χ4n) is 8.06. The molecule has 11 rings (SSSR count). The Labute approximate surface area is 339 Å². The average molecular weight is 763 g/mol. The van der Waals surface area contributed by atoms with Gasteiger partial charge in [-0.2, -0.15) is 0 Å². The van der Waals surface area contributed by atoms with Gasteiger partial charge in [0.2, 0.25) is 0 Å². The third kappa shape index (κ3) is 6.16. The molecule has 0 bridgehead atoms. The molecule has 0 unspecified atom stereocenters. The first-order chi connectivity index (χ1) is 28.2. The molecule has 3 heterocycles. The minimum atomic E-state index is 0.858. The first-order valence-electron chi connectivity index (χ1n) is 19.2. The zero-order chi connectivity index (χ0) is 37.7. The van der Waals surface area contributed by atoms with Crippen LogP contribution in [0.15, 0.2) is 206 Å². The van der Waals surface area contributed by atoms with Gasteiger partial charge in [0.15, 0.2) is 0 Å². The SMILES string of the molecule is c1ccc(-c2cc(-c3ccccc3)cc(N(c3ccccc3)c3cccc(-c4ccc5sc6ccc(-c7ccc8c(c7)sc7ccccc78)cc6c5c4)n3)c2)cc1. The van der Waals surface area contributed by atoms with Crippen molar-refractivity contribution in [3.63, 3.8) is 0 Å². The second kappa shape index (κ2) is 14.0. The van der Waals surface area contributed by atoms with E-state index >= 15 is 0 Å². The third-order valence-electron chi connectivity index (χ3n) is 10.8. The number of rotatable bonds is 7. The first kappa shape index (κ1) is 33.5. The lowest BCUT2D eigenvalue weighted by Gasteiger charge is -2.26. The summed E-state index contributed by atoms with van der Waals surface area (Å²) in [5, 5.41) is 5.19. The number of pyridine rings is 1. The zero-order valence-electron chi connectivity index (χ0n) is 30.8. The number of hydrogen-bond acceptors (Lipinski definition) is 4. The van der Waals surface area contributed by atoms with Crippen molar-refractivity contribution in [3.8, 4) is 44.6 Å². The van der Waals surface area contributed by atoms with E-state index in [0.29, 0.717) is 0 Å². The smallest absolute Gasteiger partial charge is 0.138 e. The quantitative estimate of drug-likeness (QED) is 0.161. The number of thiophene rings is 2. The summed E-state index contributed by atoms with van der Waals surface area (Å²) in [7, 11) is 0. The van der Waals surface area contributed by atoms with E-state index < -0.39 is 0 Å². The van der Waals surface area contributed by atoms with Gasteiger partial charge in [-0.1, -0.05) is 127 Å². The van der Waals surface area contributed by atoms with Crippen LogP contribution in [0.5, 0.6) is 0 Å². The average Bonchev–Trinajstić information content (AvgIpc) is 3.85. The summed E-state index contributed by atoms with van der Waals surface area (Å²) < 4.78 is 5.22. The summed E-state index contributed by atoms with van der Waals surface area (Å²) in [6, 6.07) is 74.4. The highest BCUT2D eigenvalue weighted by Gasteiger charge is 2.18. The maximum Gasteiger partial charge on any atom is 0.138 e. The second-order valence-corrected chi connectivity index (χ2v) is 16.6. The Kier molecular flexibility index (Phi) is 8.24. The fraction of sp³-hybridized carbons (Fsp3) is 0. The summed E-state index contributed by atoms with van der Waals surface area (Å²) in [5.41, 5.74) is 11.3. The van der Waals surface area contributed by atoms with Gasteiger partial charge in [0.1, 0.15) is 5.82 Å². The first-order valence-corrected chi connectivity index (χ1v) is 20.8. The Balaban J connectivity index is 1.02. The molecule has 57 heavy (non-hydrogen) atoms. The molecule has 11 aromatic rings. The van der Waals surface area contributed by atoms with Crippen molar-refractivity contribution in [2.24, 2.45) is 0 Å². The van der Waals surface area contributed by atoms with Crippen molar-refractivity contribution in [1.29, 1.82) is 0 Å². The Hall–Kier alpha value is -6.85. The molecule has 0 saturated heterocycles. The molecule has 2 nitrogen and oxygen atoms in total. The molecule has 0 aliphatic rings. The second-order valence-electron chi connectivity index (χ2n) is 14.4. The van der Waals surface area contributed by atoms with Crippen molar-refractivity contribution in [2.75, 3.05) is 4.90 Å². The van der Waals surface area contributed by atoms with Gasteiger partial charge in [0.25, 0.3) is 0 Å². The van der Waals surface area contributed by atoms with Crippen LogP contribution in [0.2, 0.25) is 0 Å².